The van der Waals surface area contributed by atoms with Crippen molar-refractivity contribution in [1.29, 1.82) is 0 Å². The molecule has 0 radical (unpaired) electrons. The first-order valence-corrected chi connectivity index (χ1v) is 21.6. The van der Waals surface area contributed by atoms with Crippen molar-refractivity contribution in [2.45, 2.75) is 135 Å². The van der Waals surface area contributed by atoms with Gasteiger partial charge in [0.25, 0.3) is 0 Å². The summed E-state index contributed by atoms with van der Waals surface area (Å²) in [6, 6.07) is 4.04. The SMILES string of the molecule is CCCC1O[C@]2(C(=O)COC(=O)OCc3ccc(NC(=O)[C@H](CCCNC(N)=O)NC(=O)[C@@H](N)C(C)C)cc3)[C@@](C)(C[C@H]3[C@@H]4CCC5=CC(=O)C=C[C@]5(C)[C@H]4[C@@H](O)C[C@@]32C)O1. The average molecular weight is 850 g/mol. The van der Waals surface area contributed by atoms with Crippen LogP contribution in [0, 0.1) is 34.5 Å². The van der Waals surface area contributed by atoms with Gasteiger partial charge in [-0.15, -0.1) is 0 Å². The van der Waals surface area contributed by atoms with Gasteiger partial charge in [0.1, 0.15) is 18.2 Å². The zero-order valence-electron chi connectivity index (χ0n) is 36.1. The quantitative estimate of drug-likeness (QED) is 0.101. The number of anilines is 1. The number of aliphatic hydroxyl groups excluding tert-OH is 1. The highest BCUT2D eigenvalue weighted by molar-refractivity contribution is 6.01. The smallest absolute Gasteiger partial charge is 0.429 e. The number of aliphatic hydroxyl groups is 1. The van der Waals surface area contributed by atoms with Crippen molar-refractivity contribution >= 4 is 41.3 Å². The van der Waals surface area contributed by atoms with Crippen LogP contribution in [0.15, 0.2) is 48.1 Å². The minimum atomic E-state index is -1.50. The van der Waals surface area contributed by atoms with E-state index in [0.29, 0.717) is 36.9 Å². The number of nitrogens with two attached hydrogens (primary N) is 2. The van der Waals surface area contributed by atoms with Gasteiger partial charge in [0.2, 0.25) is 17.6 Å². The molecule has 1 saturated heterocycles. The van der Waals surface area contributed by atoms with Gasteiger partial charge in [-0.1, -0.05) is 64.8 Å². The largest absolute Gasteiger partial charge is 0.509 e. The van der Waals surface area contributed by atoms with Crippen LogP contribution >= 0.6 is 0 Å². The molecule has 16 heteroatoms. The Morgan fingerprint density at radius 1 is 1.02 bits per heavy atom. The first kappa shape index (κ1) is 45.9. The fourth-order valence-electron chi connectivity index (χ4n) is 11.2. The maximum absolute atomic E-state index is 14.7. The Morgan fingerprint density at radius 2 is 1.74 bits per heavy atom. The predicted octanol–water partition coefficient (Wildman–Crippen LogP) is 4.32. The lowest BCUT2D eigenvalue weighted by molar-refractivity contribution is -0.201. The van der Waals surface area contributed by atoms with Crippen molar-refractivity contribution in [2.24, 2.45) is 46.0 Å². The minimum Gasteiger partial charge on any atom is -0.429 e. The molecule has 1 aliphatic heterocycles. The highest BCUT2D eigenvalue weighted by Gasteiger charge is 2.80. The number of hydrogen-bond donors (Lipinski definition) is 6. The number of ether oxygens (including phenoxy) is 4. The standard InChI is InChI=1S/C45H63N5O11/c1-7-9-35-60-44(6)21-31-30-16-13-27-20-29(51)17-18-42(27,4)36(30)33(52)22-43(31,5)45(44,61-35)34(53)24-59-41(57)58-23-26-11-14-28(15-12-26)49-38(54)32(10-8-19-48-40(47)56)50-39(55)37(46)25(2)3/h11-12,14-15,17-18,20,25,30-33,35-37,52H,7-10,13,16,19,21-24,46H2,1-6H3,(H,49,54)(H,50,55)(H3,47,48,56)/t30-,31-,32-,33-,35?,36+,37-,42-,43-,44+,45-/m0/s1. The van der Waals surface area contributed by atoms with Crippen molar-refractivity contribution in [1.82, 2.24) is 10.6 Å². The van der Waals surface area contributed by atoms with Gasteiger partial charge in [0.05, 0.1) is 12.1 Å². The molecule has 1 unspecified atom stereocenters. The number of rotatable bonds is 16. The van der Waals surface area contributed by atoms with Gasteiger partial charge in [-0.05, 0) is 99.5 Å². The number of hydrogen-bond acceptors (Lipinski definition) is 12. The Labute approximate surface area is 357 Å². The van der Waals surface area contributed by atoms with Crippen LogP contribution in [0.2, 0.25) is 0 Å². The second-order valence-electron chi connectivity index (χ2n) is 18.5. The molecule has 0 aromatic heterocycles. The van der Waals surface area contributed by atoms with Gasteiger partial charge in [-0.3, -0.25) is 19.2 Å². The van der Waals surface area contributed by atoms with E-state index in [2.05, 4.69) is 22.9 Å². The summed E-state index contributed by atoms with van der Waals surface area (Å²) >= 11 is 0. The van der Waals surface area contributed by atoms with Crippen LogP contribution in [0.25, 0.3) is 0 Å². The minimum absolute atomic E-state index is 0.0243. The van der Waals surface area contributed by atoms with E-state index in [4.69, 9.17) is 30.4 Å². The molecule has 0 spiro atoms. The van der Waals surface area contributed by atoms with Crippen molar-refractivity contribution in [3.63, 3.8) is 0 Å². The van der Waals surface area contributed by atoms with Gasteiger partial charge >= 0.3 is 12.2 Å². The third-order valence-corrected chi connectivity index (χ3v) is 14.2. The van der Waals surface area contributed by atoms with E-state index >= 15 is 0 Å². The third-order valence-electron chi connectivity index (χ3n) is 14.2. The molecule has 11 atom stereocenters. The molecule has 1 aromatic rings. The van der Waals surface area contributed by atoms with E-state index in [1.165, 1.54) is 0 Å². The highest BCUT2D eigenvalue weighted by atomic mass is 16.8. The van der Waals surface area contributed by atoms with Crippen molar-refractivity contribution in [3.8, 4) is 0 Å². The zero-order valence-corrected chi connectivity index (χ0v) is 36.1. The van der Waals surface area contributed by atoms with Crippen LogP contribution in [0.4, 0.5) is 15.3 Å². The lowest BCUT2D eigenvalue weighted by Gasteiger charge is -2.59. The first-order valence-electron chi connectivity index (χ1n) is 21.6. The number of fused-ring (bicyclic) bond motifs is 7. The lowest BCUT2D eigenvalue weighted by Crippen LogP contribution is -2.65. The van der Waals surface area contributed by atoms with E-state index in [9.17, 15) is 33.9 Å². The zero-order chi connectivity index (χ0) is 44.5. The van der Waals surface area contributed by atoms with Gasteiger partial charge in [-0.25, -0.2) is 9.59 Å². The molecule has 61 heavy (non-hydrogen) atoms. The van der Waals surface area contributed by atoms with Gasteiger partial charge in [0.15, 0.2) is 24.3 Å². The second-order valence-corrected chi connectivity index (χ2v) is 18.5. The van der Waals surface area contributed by atoms with E-state index in [-0.39, 0.29) is 55.4 Å². The monoisotopic (exact) mass is 849 g/mol. The normalized spacial score (nSPS) is 33.2. The number of Topliss-reactive ketones (excluding diaryl/α,β-unsaturated/α-hetero) is 1. The molecule has 16 nitrogen and oxygen atoms in total. The molecule has 1 aromatic carbocycles. The van der Waals surface area contributed by atoms with Crippen LogP contribution in [0.5, 0.6) is 0 Å². The number of urea groups is 1. The molecule has 4 amide bonds. The van der Waals surface area contributed by atoms with Crippen molar-refractivity contribution < 1.29 is 52.8 Å². The summed E-state index contributed by atoms with van der Waals surface area (Å²) in [6.07, 6.45) is 6.92. The summed E-state index contributed by atoms with van der Waals surface area (Å²) in [4.78, 5) is 77.0. The van der Waals surface area contributed by atoms with Crippen molar-refractivity contribution in [2.75, 3.05) is 18.5 Å². The maximum atomic E-state index is 14.7. The number of amides is 4. The summed E-state index contributed by atoms with van der Waals surface area (Å²) in [6.45, 7) is 11.0. The molecule has 1 heterocycles. The number of allylic oxidation sites excluding steroid dienone is 4. The fraction of sp³-hybridized carbons (Fsp3) is 0.644. The van der Waals surface area contributed by atoms with Gasteiger partial charge < -0.3 is 51.5 Å². The number of nitrogens with one attached hydrogen (secondary N) is 3. The number of carbonyl (C=O) groups is 6. The van der Waals surface area contributed by atoms with Crippen LogP contribution in [-0.4, -0.2) is 89.5 Å². The van der Waals surface area contributed by atoms with E-state index in [0.717, 1.165) is 18.4 Å². The Balaban J connectivity index is 1.08. The molecule has 4 aliphatic carbocycles. The maximum Gasteiger partial charge on any atom is 0.509 e. The molecule has 3 saturated carbocycles. The first-order chi connectivity index (χ1) is 28.8. The molecule has 4 fully saturated rings. The molecule has 334 valence electrons. The Hall–Kier alpha value is -4.64. The van der Waals surface area contributed by atoms with Crippen LogP contribution in [0.1, 0.15) is 98.5 Å². The molecule has 6 rings (SSSR count). The Kier molecular flexibility index (Phi) is 13.5. The van der Waals surface area contributed by atoms with E-state index in [1.54, 1.807) is 50.3 Å². The van der Waals surface area contributed by atoms with Crippen LogP contribution < -0.4 is 27.4 Å². The third kappa shape index (κ3) is 8.73. The van der Waals surface area contributed by atoms with E-state index < -0.39 is 82.9 Å². The van der Waals surface area contributed by atoms with E-state index in [1.807, 2.05) is 26.8 Å². The van der Waals surface area contributed by atoms with Crippen LogP contribution in [-0.2, 0) is 44.7 Å². The number of benzene rings is 1. The Morgan fingerprint density at radius 3 is 2.41 bits per heavy atom. The molecule has 8 N–H and O–H groups in total. The number of ketones is 2. The summed E-state index contributed by atoms with van der Waals surface area (Å²) in [5.41, 5.74) is 9.25. The van der Waals surface area contributed by atoms with Gasteiger partial charge in [-0.2, -0.15) is 0 Å². The lowest BCUT2D eigenvalue weighted by atomic mass is 9.46. The van der Waals surface area contributed by atoms with Crippen molar-refractivity contribution in [3.05, 3.63) is 53.6 Å². The predicted molar refractivity (Wildman–Crippen MR) is 223 cm³/mol. The number of carbonyl (C=O) groups excluding carboxylic acids is 6. The fourth-order valence-corrected chi connectivity index (χ4v) is 11.2. The molecule has 5 aliphatic rings. The summed E-state index contributed by atoms with van der Waals surface area (Å²) in [5.74, 6) is -1.80. The molecular weight excluding hydrogens is 787 g/mol. The topological polar surface area (TPSA) is 248 Å². The highest BCUT2D eigenvalue weighted by Crippen LogP contribution is 2.72. The van der Waals surface area contributed by atoms with Gasteiger partial charge in [0, 0.05) is 29.0 Å². The summed E-state index contributed by atoms with van der Waals surface area (Å²) in [7, 11) is 0. The molecule has 0 bridgehead atoms. The Bertz CT molecular complexity index is 1940. The van der Waals surface area contributed by atoms with Crippen LogP contribution in [0.3, 0.4) is 0 Å². The summed E-state index contributed by atoms with van der Waals surface area (Å²) < 4.78 is 24.3. The molecular formula is C45H63N5O11. The second kappa shape index (κ2) is 18.0. The number of primary amides is 1. The summed E-state index contributed by atoms with van der Waals surface area (Å²) in [5, 5.41) is 20.0. The average Bonchev–Trinajstić information content (AvgIpc) is 3.60.